The molecular formula is C21H20ClN3O4. The molecule has 3 rings (SSSR count). The Morgan fingerprint density at radius 1 is 1.07 bits per heavy atom. The molecule has 0 fully saturated rings. The van der Waals surface area contributed by atoms with E-state index < -0.39 is 11.9 Å². The first-order valence-corrected chi connectivity index (χ1v) is 9.20. The number of nitrogens with one attached hydrogen (secondary N) is 1. The number of hydrogen-bond donors (Lipinski definition) is 1. The van der Waals surface area contributed by atoms with E-state index in [-0.39, 0.29) is 5.56 Å². The summed E-state index contributed by atoms with van der Waals surface area (Å²) in [4.78, 5) is 25.1. The first kappa shape index (κ1) is 20.4. The number of carbonyl (C=O) groups is 1. The van der Waals surface area contributed by atoms with E-state index in [2.05, 4.69) is 10.4 Å². The molecule has 1 N–H and O–H groups in total. The molecule has 7 nitrogen and oxygen atoms in total. The normalized spacial score (nSPS) is 11.6. The van der Waals surface area contributed by atoms with Crippen molar-refractivity contribution in [2.45, 2.75) is 13.0 Å². The summed E-state index contributed by atoms with van der Waals surface area (Å²) in [5.41, 5.74) is 1.42. The second kappa shape index (κ2) is 8.79. The van der Waals surface area contributed by atoms with Crippen molar-refractivity contribution in [1.82, 2.24) is 9.78 Å². The van der Waals surface area contributed by atoms with E-state index in [9.17, 15) is 9.59 Å². The molecule has 0 unspecified atom stereocenters. The zero-order valence-corrected chi connectivity index (χ0v) is 16.9. The Morgan fingerprint density at radius 3 is 2.41 bits per heavy atom. The molecule has 1 aromatic heterocycles. The van der Waals surface area contributed by atoms with Crippen LogP contribution >= 0.6 is 11.6 Å². The number of halogens is 1. The molecule has 0 aliphatic heterocycles. The highest BCUT2D eigenvalue weighted by atomic mass is 35.5. The van der Waals surface area contributed by atoms with Gasteiger partial charge < -0.3 is 14.8 Å². The van der Waals surface area contributed by atoms with Crippen molar-refractivity contribution >= 4 is 23.2 Å². The number of methoxy groups -OCH3 is 2. The fourth-order valence-corrected chi connectivity index (χ4v) is 3.01. The van der Waals surface area contributed by atoms with Gasteiger partial charge in [-0.2, -0.15) is 5.10 Å². The third-order valence-corrected chi connectivity index (χ3v) is 4.67. The number of anilines is 1. The third-order valence-electron chi connectivity index (χ3n) is 4.37. The van der Waals surface area contributed by atoms with Crippen LogP contribution in [0, 0.1) is 0 Å². The number of aromatic nitrogens is 2. The fraction of sp³-hybridized carbons (Fsp3) is 0.190. The molecule has 0 saturated heterocycles. The van der Waals surface area contributed by atoms with Gasteiger partial charge in [-0.05, 0) is 19.1 Å². The molecule has 1 atom stereocenters. The molecule has 0 aliphatic rings. The van der Waals surface area contributed by atoms with Crippen LogP contribution in [0.1, 0.15) is 13.0 Å². The first-order chi connectivity index (χ1) is 13.9. The number of ether oxygens (including phenoxy) is 2. The number of nitrogens with zero attached hydrogens (tertiary/aromatic N) is 2. The lowest BCUT2D eigenvalue weighted by Crippen LogP contribution is -2.33. The van der Waals surface area contributed by atoms with Crippen LogP contribution in [0.4, 0.5) is 5.69 Å². The second-order valence-corrected chi connectivity index (χ2v) is 6.63. The Labute approximate surface area is 172 Å². The minimum Gasteiger partial charge on any atom is -0.495 e. The predicted octanol–water partition coefficient (Wildman–Crippen LogP) is 3.78. The van der Waals surface area contributed by atoms with Crippen molar-refractivity contribution in [3.63, 3.8) is 0 Å². The summed E-state index contributed by atoms with van der Waals surface area (Å²) in [5.74, 6) is 0.359. The quantitative estimate of drug-likeness (QED) is 0.665. The molecule has 1 heterocycles. The van der Waals surface area contributed by atoms with Gasteiger partial charge in [0.2, 0.25) is 5.91 Å². The van der Waals surface area contributed by atoms with Gasteiger partial charge in [-0.3, -0.25) is 9.59 Å². The summed E-state index contributed by atoms with van der Waals surface area (Å²) in [6.45, 7) is 1.59. The summed E-state index contributed by atoms with van der Waals surface area (Å²) < 4.78 is 11.6. The lowest BCUT2D eigenvalue weighted by atomic mass is 10.1. The Morgan fingerprint density at radius 2 is 1.76 bits per heavy atom. The van der Waals surface area contributed by atoms with Crippen molar-refractivity contribution < 1.29 is 14.3 Å². The van der Waals surface area contributed by atoms with Crippen molar-refractivity contribution in [3.8, 4) is 22.8 Å². The molecular weight excluding hydrogens is 394 g/mol. The zero-order valence-electron chi connectivity index (χ0n) is 16.2. The SMILES string of the molecule is COc1cc(OC)c(NC(=O)[C@H](C)n2nc(-c3ccccc3)ccc2=O)cc1Cl. The van der Waals surface area contributed by atoms with Gasteiger partial charge in [0.05, 0.1) is 30.6 Å². The largest absolute Gasteiger partial charge is 0.495 e. The summed E-state index contributed by atoms with van der Waals surface area (Å²) in [6.07, 6.45) is 0. The fourth-order valence-electron chi connectivity index (χ4n) is 2.77. The van der Waals surface area contributed by atoms with E-state index in [4.69, 9.17) is 21.1 Å². The van der Waals surface area contributed by atoms with Crippen LogP contribution in [0.5, 0.6) is 11.5 Å². The van der Waals surface area contributed by atoms with Gasteiger partial charge >= 0.3 is 0 Å². The molecule has 2 aromatic carbocycles. The summed E-state index contributed by atoms with van der Waals surface area (Å²) >= 11 is 6.15. The van der Waals surface area contributed by atoms with Crippen molar-refractivity contribution in [3.05, 3.63) is 70.0 Å². The van der Waals surface area contributed by atoms with E-state index in [0.29, 0.717) is 27.9 Å². The van der Waals surface area contributed by atoms with Gasteiger partial charge in [-0.15, -0.1) is 0 Å². The zero-order chi connectivity index (χ0) is 21.0. The minimum absolute atomic E-state index is 0.317. The summed E-state index contributed by atoms with van der Waals surface area (Å²) in [5, 5.41) is 7.41. The Kier molecular flexibility index (Phi) is 6.19. The number of hydrogen-bond acceptors (Lipinski definition) is 5. The van der Waals surface area contributed by atoms with Gasteiger partial charge in [-0.25, -0.2) is 4.68 Å². The van der Waals surface area contributed by atoms with E-state index in [1.54, 1.807) is 19.1 Å². The molecule has 0 spiro atoms. The van der Waals surface area contributed by atoms with E-state index in [1.165, 1.54) is 26.4 Å². The topological polar surface area (TPSA) is 82.4 Å². The maximum Gasteiger partial charge on any atom is 0.267 e. The molecule has 29 heavy (non-hydrogen) atoms. The van der Waals surface area contributed by atoms with Crippen LogP contribution in [-0.2, 0) is 4.79 Å². The minimum atomic E-state index is -0.864. The van der Waals surface area contributed by atoms with E-state index in [1.807, 2.05) is 30.3 Å². The lowest BCUT2D eigenvalue weighted by Gasteiger charge is -2.17. The number of amides is 1. The molecule has 0 radical (unpaired) electrons. The molecule has 0 aliphatic carbocycles. The molecule has 1 amide bonds. The van der Waals surface area contributed by atoms with Crippen LogP contribution < -0.4 is 20.3 Å². The number of carbonyl (C=O) groups excluding carboxylic acids is 1. The Hall–Kier alpha value is -3.32. The van der Waals surface area contributed by atoms with Crippen molar-refractivity contribution in [2.24, 2.45) is 0 Å². The summed E-state index contributed by atoms with van der Waals surface area (Å²) in [6, 6.07) is 14.7. The van der Waals surface area contributed by atoms with Crippen LogP contribution in [-0.4, -0.2) is 29.9 Å². The lowest BCUT2D eigenvalue weighted by molar-refractivity contribution is -0.119. The van der Waals surface area contributed by atoms with Gasteiger partial charge in [0.15, 0.2) is 0 Å². The van der Waals surface area contributed by atoms with E-state index >= 15 is 0 Å². The van der Waals surface area contributed by atoms with Gasteiger partial charge in [0.25, 0.3) is 5.56 Å². The van der Waals surface area contributed by atoms with Gasteiger partial charge in [0, 0.05) is 17.7 Å². The Bertz CT molecular complexity index is 1080. The monoisotopic (exact) mass is 413 g/mol. The molecule has 0 saturated carbocycles. The Balaban J connectivity index is 1.90. The molecule has 3 aromatic rings. The van der Waals surface area contributed by atoms with Crippen LogP contribution in [0.15, 0.2) is 59.4 Å². The first-order valence-electron chi connectivity index (χ1n) is 8.82. The van der Waals surface area contributed by atoms with Crippen LogP contribution in [0.2, 0.25) is 5.02 Å². The van der Waals surface area contributed by atoms with Gasteiger partial charge in [-0.1, -0.05) is 41.9 Å². The number of rotatable bonds is 6. The van der Waals surface area contributed by atoms with Crippen LogP contribution in [0.3, 0.4) is 0 Å². The average Bonchev–Trinajstić information content (AvgIpc) is 2.74. The van der Waals surface area contributed by atoms with Crippen molar-refractivity contribution in [1.29, 1.82) is 0 Å². The highest BCUT2D eigenvalue weighted by Gasteiger charge is 2.20. The maximum atomic E-state index is 12.8. The molecule has 0 bridgehead atoms. The summed E-state index contributed by atoms with van der Waals surface area (Å²) in [7, 11) is 2.95. The van der Waals surface area contributed by atoms with Crippen molar-refractivity contribution in [2.75, 3.05) is 19.5 Å². The maximum absolute atomic E-state index is 12.8. The third kappa shape index (κ3) is 4.41. The molecule has 150 valence electrons. The molecule has 8 heteroatoms. The second-order valence-electron chi connectivity index (χ2n) is 6.22. The van der Waals surface area contributed by atoms with Crippen LogP contribution in [0.25, 0.3) is 11.3 Å². The predicted molar refractivity (Wildman–Crippen MR) is 112 cm³/mol. The standard InChI is InChI=1S/C21H20ClN3O4/c1-13(21(27)23-17-11-15(22)18(28-2)12-19(17)29-3)25-20(26)10-9-16(24-25)14-7-5-4-6-8-14/h4-13H,1-3H3,(H,23,27)/t13-/m0/s1. The number of benzene rings is 2. The van der Waals surface area contributed by atoms with Gasteiger partial charge in [0.1, 0.15) is 17.5 Å². The smallest absolute Gasteiger partial charge is 0.267 e. The highest BCUT2D eigenvalue weighted by molar-refractivity contribution is 6.32. The van der Waals surface area contributed by atoms with E-state index in [0.717, 1.165) is 10.2 Å². The average molecular weight is 414 g/mol. The highest BCUT2D eigenvalue weighted by Crippen LogP contribution is 2.36.